The van der Waals surface area contributed by atoms with Crippen molar-refractivity contribution < 1.29 is 9.59 Å². The molecule has 0 radical (unpaired) electrons. The lowest BCUT2D eigenvalue weighted by Crippen LogP contribution is -2.54. The average molecular weight is 340 g/mol. The van der Waals surface area contributed by atoms with Gasteiger partial charge < -0.3 is 10.6 Å². The van der Waals surface area contributed by atoms with Gasteiger partial charge in [-0.1, -0.05) is 24.3 Å². The Kier molecular flexibility index (Phi) is 4.30. The molecule has 4 saturated carbocycles. The molecular formula is C21H28N2O2. The first kappa shape index (κ1) is 16.6. The highest BCUT2D eigenvalue weighted by molar-refractivity contribution is 5.88. The van der Waals surface area contributed by atoms with Gasteiger partial charge in [-0.2, -0.15) is 0 Å². The van der Waals surface area contributed by atoms with Crippen molar-refractivity contribution >= 4 is 11.8 Å². The van der Waals surface area contributed by atoms with Crippen molar-refractivity contribution in [1.29, 1.82) is 0 Å². The first-order valence-electron chi connectivity index (χ1n) is 9.63. The van der Waals surface area contributed by atoms with Gasteiger partial charge in [0.1, 0.15) is 0 Å². The van der Waals surface area contributed by atoms with E-state index in [1.165, 1.54) is 24.8 Å². The van der Waals surface area contributed by atoms with Crippen molar-refractivity contribution in [3.8, 4) is 0 Å². The van der Waals surface area contributed by atoms with Crippen LogP contribution >= 0.6 is 0 Å². The van der Waals surface area contributed by atoms with Crippen LogP contribution in [0.5, 0.6) is 0 Å². The van der Waals surface area contributed by atoms with E-state index in [9.17, 15) is 9.59 Å². The van der Waals surface area contributed by atoms with Crippen LogP contribution in [-0.2, 0) is 16.1 Å². The van der Waals surface area contributed by atoms with Crippen LogP contribution in [0.25, 0.3) is 0 Å². The van der Waals surface area contributed by atoms with E-state index in [2.05, 4.69) is 10.6 Å². The summed E-state index contributed by atoms with van der Waals surface area (Å²) in [5, 5.41) is 5.85. The van der Waals surface area contributed by atoms with Crippen LogP contribution in [0.4, 0.5) is 0 Å². The average Bonchev–Trinajstić information content (AvgIpc) is 2.57. The van der Waals surface area contributed by atoms with Gasteiger partial charge in [-0.15, -0.1) is 0 Å². The molecule has 4 aliphatic rings. The maximum absolute atomic E-state index is 12.8. The fourth-order valence-electron chi connectivity index (χ4n) is 5.80. The van der Waals surface area contributed by atoms with Crippen molar-refractivity contribution in [1.82, 2.24) is 10.6 Å². The number of hydrogen-bond acceptors (Lipinski definition) is 2. The topological polar surface area (TPSA) is 58.2 Å². The van der Waals surface area contributed by atoms with Gasteiger partial charge in [0.05, 0.1) is 6.54 Å². The Morgan fingerprint density at radius 3 is 2.20 bits per heavy atom. The zero-order valence-electron chi connectivity index (χ0n) is 15.0. The molecule has 1 aromatic rings. The lowest BCUT2D eigenvalue weighted by molar-refractivity contribution is -0.147. The molecule has 2 amide bonds. The predicted molar refractivity (Wildman–Crippen MR) is 96.6 cm³/mol. The third-order valence-corrected chi connectivity index (χ3v) is 6.67. The van der Waals surface area contributed by atoms with Gasteiger partial charge in [0.25, 0.3) is 0 Å². The summed E-state index contributed by atoms with van der Waals surface area (Å²) in [5.41, 5.74) is 2.11. The van der Waals surface area contributed by atoms with Crippen LogP contribution in [-0.4, -0.2) is 18.4 Å². The van der Waals surface area contributed by atoms with Crippen molar-refractivity contribution in [2.45, 2.75) is 52.0 Å². The molecule has 1 aromatic carbocycles. The first-order chi connectivity index (χ1) is 12.0. The molecular weight excluding hydrogens is 312 g/mol. The third-order valence-electron chi connectivity index (χ3n) is 6.67. The molecule has 5 rings (SSSR count). The van der Waals surface area contributed by atoms with Crippen LogP contribution in [0.2, 0.25) is 0 Å². The molecule has 4 aliphatic carbocycles. The van der Waals surface area contributed by atoms with Crippen LogP contribution in [0.1, 0.15) is 49.7 Å². The van der Waals surface area contributed by atoms with Gasteiger partial charge in [0.2, 0.25) is 11.8 Å². The number of nitrogens with one attached hydrogen (secondary N) is 2. The van der Waals surface area contributed by atoms with E-state index in [-0.39, 0.29) is 23.8 Å². The molecule has 0 unspecified atom stereocenters. The minimum Gasteiger partial charge on any atom is -0.350 e. The molecule has 25 heavy (non-hydrogen) atoms. The Hall–Kier alpha value is -1.84. The molecule has 0 saturated heterocycles. The molecule has 0 heterocycles. The van der Waals surface area contributed by atoms with Gasteiger partial charge in [-0.3, -0.25) is 9.59 Å². The lowest BCUT2D eigenvalue weighted by Gasteiger charge is -2.55. The standard InChI is InChI=1S/C21H28N2O2/c1-14-4-2-3-5-18(14)12-22-19(24)13-23-20(25)21-9-15-6-16(10-21)8-17(7-15)11-21/h2-5,15-17H,6-13H2,1H3,(H,22,24)(H,23,25). The molecule has 2 N–H and O–H groups in total. The second-order valence-corrected chi connectivity index (χ2v) is 8.58. The van der Waals surface area contributed by atoms with E-state index in [1.54, 1.807) is 0 Å². The largest absolute Gasteiger partial charge is 0.350 e. The summed E-state index contributed by atoms with van der Waals surface area (Å²) in [4.78, 5) is 25.0. The SMILES string of the molecule is Cc1ccccc1CNC(=O)CNC(=O)C12CC3CC(CC(C3)C1)C2. The van der Waals surface area contributed by atoms with Crippen molar-refractivity contribution in [3.05, 3.63) is 35.4 Å². The highest BCUT2D eigenvalue weighted by Crippen LogP contribution is 2.60. The molecule has 0 aromatic heterocycles. The first-order valence-corrected chi connectivity index (χ1v) is 9.63. The highest BCUT2D eigenvalue weighted by Gasteiger charge is 2.54. The number of hydrogen-bond donors (Lipinski definition) is 2. The predicted octanol–water partition coefficient (Wildman–Crippen LogP) is 2.94. The number of benzene rings is 1. The van der Waals surface area contributed by atoms with E-state index in [4.69, 9.17) is 0 Å². The molecule has 4 heteroatoms. The quantitative estimate of drug-likeness (QED) is 0.866. The summed E-state index contributed by atoms with van der Waals surface area (Å²) in [7, 11) is 0. The maximum atomic E-state index is 12.8. The Morgan fingerprint density at radius 2 is 1.60 bits per heavy atom. The molecule has 0 aliphatic heterocycles. The Morgan fingerprint density at radius 1 is 1.00 bits per heavy atom. The van der Waals surface area contributed by atoms with Gasteiger partial charge in [0.15, 0.2) is 0 Å². The van der Waals surface area contributed by atoms with Crippen molar-refractivity contribution in [2.24, 2.45) is 23.2 Å². The van der Waals surface area contributed by atoms with E-state index in [0.29, 0.717) is 6.54 Å². The monoisotopic (exact) mass is 340 g/mol. The van der Waals surface area contributed by atoms with E-state index in [1.807, 2.05) is 31.2 Å². The lowest BCUT2D eigenvalue weighted by atomic mass is 9.49. The Bertz CT molecular complexity index is 647. The van der Waals surface area contributed by atoms with Crippen LogP contribution in [0.15, 0.2) is 24.3 Å². The number of carbonyl (C=O) groups excluding carboxylic acids is 2. The van der Waals surface area contributed by atoms with Crippen LogP contribution < -0.4 is 10.6 Å². The number of aryl methyl sites for hydroxylation is 1. The molecule has 4 nitrogen and oxygen atoms in total. The third kappa shape index (κ3) is 3.31. The molecule has 134 valence electrons. The van der Waals surface area contributed by atoms with E-state index < -0.39 is 0 Å². The van der Waals surface area contributed by atoms with Gasteiger partial charge in [-0.25, -0.2) is 0 Å². The zero-order valence-corrected chi connectivity index (χ0v) is 15.0. The zero-order chi connectivity index (χ0) is 17.4. The fourth-order valence-corrected chi connectivity index (χ4v) is 5.80. The van der Waals surface area contributed by atoms with Crippen LogP contribution in [0, 0.1) is 30.1 Å². The van der Waals surface area contributed by atoms with Crippen molar-refractivity contribution in [2.75, 3.05) is 6.54 Å². The number of rotatable bonds is 5. The Labute approximate surface area is 149 Å². The molecule has 4 fully saturated rings. The smallest absolute Gasteiger partial charge is 0.239 e. The molecule has 4 bridgehead atoms. The number of amides is 2. The maximum Gasteiger partial charge on any atom is 0.239 e. The summed E-state index contributed by atoms with van der Waals surface area (Å²) >= 11 is 0. The molecule has 0 spiro atoms. The summed E-state index contributed by atoms with van der Waals surface area (Å²) < 4.78 is 0. The van der Waals surface area contributed by atoms with Crippen LogP contribution in [0.3, 0.4) is 0 Å². The van der Waals surface area contributed by atoms with Gasteiger partial charge in [-0.05, 0) is 74.3 Å². The van der Waals surface area contributed by atoms with E-state index >= 15 is 0 Å². The second-order valence-electron chi connectivity index (χ2n) is 8.58. The minimum absolute atomic E-state index is 0.0897. The van der Waals surface area contributed by atoms with Crippen molar-refractivity contribution in [3.63, 3.8) is 0 Å². The minimum atomic E-state index is -0.176. The highest BCUT2D eigenvalue weighted by atomic mass is 16.2. The van der Waals surface area contributed by atoms with E-state index in [0.717, 1.165) is 42.6 Å². The molecule has 0 atom stereocenters. The fraction of sp³-hybridized carbons (Fsp3) is 0.619. The summed E-state index contributed by atoms with van der Waals surface area (Å²) in [5.74, 6) is 2.24. The Balaban J connectivity index is 1.29. The summed E-state index contributed by atoms with van der Waals surface area (Å²) in [6, 6.07) is 8.02. The van der Waals surface area contributed by atoms with Gasteiger partial charge >= 0.3 is 0 Å². The summed E-state index contributed by atoms with van der Waals surface area (Å²) in [6.07, 6.45) is 7.08. The second kappa shape index (κ2) is 6.47. The summed E-state index contributed by atoms with van der Waals surface area (Å²) in [6.45, 7) is 2.64. The van der Waals surface area contributed by atoms with Gasteiger partial charge in [0, 0.05) is 12.0 Å². The normalized spacial score (nSPS) is 32.4. The number of carbonyl (C=O) groups is 2.